The summed E-state index contributed by atoms with van der Waals surface area (Å²) in [6.07, 6.45) is 1.90. The molecule has 0 aliphatic carbocycles. The molecule has 0 saturated carbocycles. The first-order valence-electron chi connectivity index (χ1n) is 7.14. The zero-order chi connectivity index (χ0) is 15.3. The third-order valence-corrected chi connectivity index (χ3v) is 4.82. The van der Waals surface area contributed by atoms with Gasteiger partial charge < -0.3 is 10.0 Å². The van der Waals surface area contributed by atoms with Crippen LogP contribution in [0.2, 0.25) is 0 Å². The molecule has 116 valence electrons. The molecule has 2 bridgehead atoms. The number of nitrogens with zero attached hydrogens (tertiary/aromatic N) is 3. The summed E-state index contributed by atoms with van der Waals surface area (Å²) in [4.78, 5) is 9.03. The maximum absolute atomic E-state index is 12.5. The van der Waals surface area contributed by atoms with Crippen LogP contribution in [-0.2, 0) is 11.8 Å². The summed E-state index contributed by atoms with van der Waals surface area (Å²) in [5.41, 5.74) is -0.729. The number of hydrogen-bond donors (Lipinski definition) is 1. The Labute approximate surface area is 121 Å². The van der Waals surface area contributed by atoms with Crippen LogP contribution in [0.3, 0.4) is 0 Å². The van der Waals surface area contributed by atoms with E-state index in [0.717, 1.165) is 31.7 Å². The molecule has 4 nitrogen and oxygen atoms in total. The van der Waals surface area contributed by atoms with E-state index in [0.29, 0.717) is 18.4 Å². The Morgan fingerprint density at radius 3 is 2.19 bits per heavy atom. The first kappa shape index (κ1) is 14.7. The van der Waals surface area contributed by atoms with Crippen molar-refractivity contribution in [2.45, 2.75) is 56.0 Å². The third-order valence-electron chi connectivity index (χ3n) is 4.82. The lowest BCUT2D eigenvalue weighted by Gasteiger charge is -2.50. The molecule has 3 rings (SSSR count). The molecule has 2 unspecified atom stereocenters. The molecule has 1 aromatic heterocycles. The van der Waals surface area contributed by atoms with E-state index in [1.807, 2.05) is 0 Å². The minimum absolute atomic E-state index is 0.268. The van der Waals surface area contributed by atoms with Crippen molar-refractivity contribution in [2.75, 3.05) is 7.05 Å². The highest BCUT2D eigenvalue weighted by atomic mass is 19.4. The van der Waals surface area contributed by atoms with Crippen molar-refractivity contribution in [3.63, 3.8) is 0 Å². The van der Waals surface area contributed by atoms with Crippen LogP contribution in [0.15, 0.2) is 12.4 Å². The smallest absolute Gasteiger partial charge is 0.385 e. The quantitative estimate of drug-likeness (QED) is 0.865. The SMILES string of the molecule is CN1C2CCCC1CC(O)(c1cnc(C(F)(F)F)nc1)C2. The Morgan fingerprint density at radius 1 is 1.19 bits per heavy atom. The fourth-order valence-electron chi connectivity index (χ4n) is 3.60. The Morgan fingerprint density at radius 2 is 1.71 bits per heavy atom. The van der Waals surface area contributed by atoms with E-state index in [-0.39, 0.29) is 12.1 Å². The lowest BCUT2D eigenvalue weighted by atomic mass is 9.73. The molecule has 0 aromatic carbocycles. The number of alkyl halides is 3. The van der Waals surface area contributed by atoms with Gasteiger partial charge in [0.05, 0.1) is 5.60 Å². The Hall–Kier alpha value is -1.21. The predicted octanol–water partition coefficient (Wildman–Crippen LogP) is 2.33. The maximum Gasteiger partial charge on any atom is 0.451 e. The first-order chi connectivity index (χ1) is 9.79. The first-order valence-corrected chi connectivity index (χ1v) is 7.14. The highest BCUT2D eigenvalue weighted by Gasteiger charge is 2.45. The molecule has 0 radical (unpaired) electrons. The minimum Gasteiger partial charge on any atom is -0.385 e. The van der Waals surface area contributed by atoms with Gasteiger partial charge in [0.1, 0.15) is 0 Å². The average molecular weight is 301 g/mol. The summed E-state index contributed by atoms with van der Waals surface area (Å²) < 4.78 is 37.5. The fraction of sp³-hybridized carbons (Fsp3) is 0.714. The van der Waals surface area contributed by atoms with E-state index in [1.54, 1.807) is 0 Å². The van der Waals surface area contributed by atoms with Crippen molar-refractivity contribution >= 4 is 0 Å². The van der Waals surface area contributed by atoms with Crippen LogP contribution in [0.5, 0.6) is 0 Å². The molecule has 2 atom stereocenters. The lowest BCUT2D eigenvalue weighted by Crippen LogP contribution is -2.55. The molecule has 2 fully saturated rings. The van der Waals surface area contributed by atoms with Crippen molar-refractivity contribution in [2.24, 2.45) is 0 Å². The van der Waals surface area contributed by atoms with Crippen molar-refractivity contribution in [3.8, 4) is 0 Å². The largest absolute Gasteiger partial charge is 0.451 e. The number of halogens is 3. The normalized spacial score (nSPS) is 34.0. The second-order valence-corrected chi connectivity index (χ2v) is 6.14. The number of fused-ring (bicyclic) bond motifs is 2. The van der Waals surface area contributed by atoms with Gasteiger partial charge >= 0.3 is 6.18 Å². The van der Waals surface area contributed by atoms with Gasteiger partial charge in [0.25, 0.3) is 0 Å². The van der Waals surface area contributed by atoms with Crippen LogP contribution in [0.4, 0.5) is 13.2 Å². The number of piperidine rings is 2. The van der Waals surface area contributed by atoms with Crippen LogP contribution in [0, 0.1) is 0 Å². The van der Waals surface area contributed by atoms with E-state index >= 15 is 0 Å². The van der Waals surface area contributed by atoms with Crippen molar-refractivity contribution < 1.29 is 18.3 Å². The summed E-state index contributed by atoms with van der Waals surface area (Å²) in [5.74, 6) is -1.16. The predicted molar refractivity (Wildman–Crippen MR) is 69.4 cm³/mol. The van der Waals surface area contributed by atoms with Crippen LogP contribution < -0.4 is 0 Å². The summed E-state index contributed by atoms with van der Waals surface area (Å²) in [5, 5.41) is 10.9. The maximum atomic E-state index is 12.5. The van der Waals surface area contributed by atoms with E-state index < -0.39 is 17.6 Å². The van der Waals surface area contributed by atoms with Gasteiger partial charge in [0.15, 0.2) is 0 Å². The van der Waals surface area contributed by atoms with Crippen molar-refractivity contribution in [1.29, 1.82) is 0 Å². The molecule has 21 heavy (non-hydrogen) atoms. The minimum atomic E-state index is -4.55. The molecule has 0 amide bonds. The van der Waals surface area contributed by atoms with E-state index in [9.17, 15) is 18.3 Å². The number of aromatic nitrogens is 2. The number of hydrogen-bond acceptors (Lipinski definition) is 4. The van der Waals surface area contributed by atoms with Gasteiger partial charge in [-0.25, -0.2) is 9.97 Å². The van der Waals surface area contributed by atoms with Crippen LogP contribution in [-0.4, -0.2) is 39.1 Å². The second kappa shape index (κ2) is 4.91. The standard InChI is InChI=1S/C14H18F3N3O/c1-20-10-3-2-4-11(20)6-13(21,5-10)9-7-18-12(19-8-9)14(15,16)17/h7-8,10-11,21H,2-6H2,1H3. The molecule has 1 N–H and O–H groups in total. The van der Waals surface area contributed by atoms with Crippen LogP contribution in [0.1, 0.15) is 43.5 Å². The zero-order valence-electron chi connectivity index (χ0n) is 11.8. The molecule has 3 heterocycles. The second-order valence-electron chi connectivity index (χ2n) is 6.14. The van der Waals surface area contributed by atoms with Crippen LogP contribution >= 0.6 is 0 Å². The molecule has 2 saturated heterocycles. The van der Waals surface area contributed by atoms with Gasteiger partial charge in [-0.05, 0) is 32.7 Å². The number of rotatable bonds is 1. The third kappa shape index (κ3) is 2.64. The van der Waals surface area contributed by atoms with E-state index in [1.165, 1.54) is 0 Å². The topological polar surface area (TPSA) is 49.2 Å². The molecule has 2 aliphatic heterocycles. The summed E-state index contributed by atoms with van der Waals surface area (Å²) in [6, 6.07) is 0.537. The molecular weight excluding hydrogens is 283 g/mol. The van der Waals surface area contributed by atoms with E-state index in [2.05, 4.69) is 21.9 Å². The van der Waals surface area contributed by atoms with Crippen molar-refractivity contribution in [1.82, 2.24) is 14.9 Å². The van der Waals surface area contributed by atoms with Gasteiger partial charge in [-0.2, -0.15) is 13.2 Å². The Bertz CT molecular complexity index is 503. The summed E-state index contributed by atoms with van der Waals surface area (Å²) in [6.45, 7) is 0. The number of aliphatic hydroxyl groups is 1. The zero-order valence-corrected chi connectivity index (χ0v) is 11.8. The molecular formula is C14H18F3N3O. The summed E-state index contributed by atoms with van der Waals surface area (Å²) >= 11 is 0. The van der Waals surface area contributed by atoms with Gasteiger partial charge in [0, 0.05) is 30.0 Å². The molecule has 2 aliphatic rings. The Balaban J connectivity index is 1.86. The molecule has 0 spiro atoms. The van der Waals surface area contributed by atoms with Crippen molar-refractivity contribution in [3.05, 3.63) is 23.8 Å². The Kier molecular flexibility index (Phi) is 3.44. The fourth-order valence-corrected chi connectivity index (χ4v) is 3.60. The highest BCUT2D eigenvalue weighted by molar-refractivity contribution is 5.19. The van der Waals surface area contributed by atoms with Gasteiger partial charge in [-0.3, -0.25) is 0 Å². The average Bonchev–Trinajstić information content (AvgIpc) is 2.40. The van der Waals surface area contributed by atoms with Gasteiger partial charge in [0.2, 0.25) is 5.82 Å². The highest BCUT2D eigenvalue weighted by Crippen LogP contribution is 2.43. The molecule has 1 aromatic rings. The van der Waals surface area contributed by atoms with Gasteiger partial charge in [-0.15, -0.1) is 0 Å². The van der Waals surface area contributed by atoms with Crippen LogP contribution in [0.25, 0.3) is 0 Å². The lowest BCUT2D eigenvalue weighted by molar-refractivity contribution is -0.145. The van der Waals surface area contributed by atoms with E-state index in [4.69, 9.17) is 0 Å². The summed E-state index contributed by atoms with van der Waals surface area (Å²) in [7, 11) is 2.05. The monoisotopic (exact) mass is 301 g/mol. The van der Waals surface area contributed by atoms with Gasteiger partial charge in [-0.1, -0.05) is 6.42 Å². The molecule has 7 heteroatoms.